The van der Waals surface area contributed by atoms with Gasteiger partial charge >= 0.3 is 0 Å². The SMILES string of the molecule is CNCc1nc(-c2ccc(Cl)cc2)n(C)c1Br. The van der Waals surface area contributed by atoms with Gasteiger partial charge in [-0.2, -0.15) is 0 Å². The van der Waals surface area contributed by atoms with Gasteiger partial charge in [0.25, 0.3) is 0 Å². The molecule has 3 nitrogen and oxygen atoms in total. The number of hydrogen-bond donors (Lipinski definition) is 1. The summed E-state index contributed by atoms with van der Waals surface area (Å²) in [7, 11) is 3.89. The number of nitrogens with zero attached hydrogens (tertiary/aromatic N) is 2. The molecule has 0 bridgehead atoms. The molecule has 1 aromatic heterocycles. The highest BCUT2D eigenvalue weighted by atomic mass is 79.9. The van der Waals surface area contributed by atoms with Crippen LogP contribution >= 0.6 is 27.5 Å². The van der Waals surface area contributed by atoms with Crippen molar-refractivity contribution in [3.05, 3.63) is 39.6 Å². The largest absolute Gasteiger partial charge is 0.322 e. The van der Waals surface area contributed by atoms with E-state index in [-0.39, 0.29) is 0 Å². The third-order valence-corrected chi connectivity index (χ3v) is 3.78. The van der Waals surface area contributed by atoms with E-state index in [1.807, 2.05) is 42.9 Å². The van der Waals surface area contributed by atoms with Gasteiger partial charge in [-0.05, 0) is 47.2 Å². The van der Waals surface area contributed by atoms with Crippen LogP contribution in [0.25, 0.3) is 11.4 Å². The molecule has 90 valence electrons. The Labute approximate surface area is 114 Å². The average Bonchev–Trinajstić information content (AvgIpc) is 2.59. The van der Waals surface area contributed by atoms with Gasteiger partial charge in [0.15, 0.2) is 0 Å². The number of benzene rings is 1. The fourth-order valence-electron chi connectivity index (χ4n) is 1.67. The molecule has 0 aliphatic heterocycles. The van der Waals surface area contributed by atoms with Crippen LogP contribution in [0.5, 0.6) is 0 Å². The first kappa shape index (κ1) is 12.6. The van der Waals surface area contributed by atoms with Crippen molar-refractivity contribution in [2.75, 3.05) is 7.05 Å². The molecule has 2 aromatic rings. The standard InChI is InChI=1S/C12H13BrClN3/c1-15-7-10-11(13)17(2)12(16-10)8-3-5-9(14)6-4-8/h3-6,15H,7H2,1-2H3. The van der Waals surface area contributed by atoms with Gasteiger partial charge in [0.05, 0.1) is 5.69 Å². The van der Waals surface area contributed by atoms with E-state index in [0.29, 0.717) is 0 Å². The first-order chi connectivity index (χ1) is 8.13. The van der Waals surface area contributed by atoms with Gasteiger partial charge in [0.1, 0.15) is 10.4 Å². The first-order valence-electron chi connectivity index (χ1n) is 5.25. The lowest BCUT2D eigenvalue weighted by molar-refractivity contribution is 0.788. The fourth-order valence-corrected chi connectivity index (χ4v) is 2.20. The lowest BCUT2D eigenvalue weighted by Gasteiger charge is -2.02. The van der Waals surface area contributed by atoms with E-state index in [4.69, 9.17) is 11.6 Å². The number of rotatable bonds is 3. The van der Waals surface area contributed by atoms with Gasteiger partial charge in [-0.15, -0.1) is 0 Å². The van der Waals surface area contributed by atoms with Gasteiger partial charge in [-0.3, -0.25) is 0 Å². The lowest BCUT2D eigenvalue weighted by atomic mass is 10.2. The molecule has 0 fully saturated rings. The van der Waals surface area contributed by atoms with Crippen molar-refractivity contribution < 1.29 is 0 Å². The van der Waals surface area contributed by atoms with E-state index < -0.39 is 0 Å². The third kappa shape index (κ3) is 2.54. The summed E-state index contributed by atoms with van der Waals surface area (Å²) in [6.07, 6.45) is 0. The third-order valence-electron chi connectivity index (χ3n) is 2.54. The molecule has 0 spiro atoms. The maximum atomic E-state index is 5.88. The molecule has 0 saturated heterocycles. The minimum Gasteiger partial charge on any atom is -0.322 e. The van der Waals surface area contributed by atoms with E-state index in [0.717, 1.165) is 33.3 Å². The molecule has 2 rings (SSSR count). The van der Waals surface area contributed by atoms with Crippen LogP contribution in [-0.4, -0.2) is 16.6 Å². The Morgan fingerprint density at radius 2 is 2.00 bits per heavy atom. The van der Waals surface area contributed by atoms with Crippen LogP contribution in [0.15, 0.2) is 28.9 Å². The van der Waals surface area contributed by atoms with Crippen LogP contribution < -0.4 is 5.32 Å². The normalized spacial score (nSPS) is 10.8. The topological polar surface area (TPSA) is 29.9 Å². The number of hydrogen-bond acceptors (Lipinski definition) is 2. The summed E-state index contributed by atoms with van der Waals surface area (Å²) >= 11 is 9.43. The number of aromatic nitrogens is 2. The van der Waals surface area contributed by atoms with Crippen LogP contribution in [0, 0.1) is 0 Å². The molecule has 0 unspecified atom stereocenters. The van der Waals surface area contributed by atoms with E-state index in [1.165, 1.54) is 0 Å². The second-order valence-electron chi connectivity index (χ2n) is 3.77. The van der Waals surface area contributed by atoms with E-state index in [2.05, 4.69) is 26.2 Å². The Hall–Kier alpha value is -0.840. The van der Waals surface area contributed by atoms with Gasteiger partial charge in [-0.1, -0.05) is 11.6 Å². The van der Waals surface area contributed by atoms with Gasteiger partial charge in [0.2, 0.25) is 0 Å². The Morgan fingerprint density at radius 3 is 2.59 bits per heavy atom. The molecular weight excluding hydrogens is 302 g/mol. The molecule has 1 heterocycles. The van der Waals surface area contributed by atoms with Crippen molar-refractivity contribution in [2.45, 2.75) is 6.54 Å². The molecule has 0 amide bonds. The summed E-state index contributed by atoms with van der Waals surface area (Å²) in [5, 5.41) is 3.83. The molecule has 1 N–H and O–H groups in total. The quantitative estimate of drug-likeness (QED) is 0.942. The van der Waals surface area contributed by atoms with Gasteiger partial charge < -0.3 is 9.88 Å². The van der Waals surface area contributed by atoms with E-state index in [9.17, 15) is 0 Å². The maximum Gasteiger partial charge on any atom is 0.140 e. The minimum atomic E-state index is 0.734. The van der Waals surface area contributed by atoms with Crippen LogP contribution in [-0.2, 0) is 13.6 Å². The Bertz CT molecular complexity index is 519. The van der Waals surface area contributed by atoms with Gasteiger partial charge in [0, 0.05) is 24.2 Å². The monoisotopic (exact) mass is 313 g/mol. The summed E-state index contributed by atoms with van der Waals surface area (Å²) in [6.45, 7) is 0.738. The predicted octanol–water partition coefficient (Wildman–Crippen LogP) is 3.22. The highest BCUT2D eigenvalue weighted by Gasteiger charge is 2.12. The van der Waals surface area contributed by atoms with Crippen LogP contribution in [0.4, 0.5) is 0 Å². The summed E-state index contributed by atoms with van der Waals surface area (Å²) in [5.74, 6) is 0.929. The Kier molecular flexibility index (Phi) is 3.86. The van der Waals surface area contributed by atoms with Crippen LogP contribution in [0.3, 0.4) is 0 Å². The molecule has 0 saturated carbocycles. The molecule has 0 radical (unpaired) electrons. The van der Waals surface area contributed by atoms with E-state index in [1.54, 1.807) is 0 Å². The summed E-state index contributed by atoms with van der Waals surface area (Å²) < 4.78 is 3.02. The van der Waals surface area contributed by atoms with Crippen molar-refractivity contribution in [3.8, 4) is 11.4 Å². The maximum absolute atomic E-state index is 5.88. The minimum absolute atomic E-state index is 0.734. The zero-order valence-electron chi connectivity index (χ0n) is 9.67. The zero-order chi connectivity index (χ0) is 12.4. The first-order valence-corrected chi connectivity index (χ1v) is 6.42. The molecule has 0 aliphatic carbocycles. The Balaban J connectivity index is 2.45. The van der Waals surface area contributed by atoms with Crippen molar-refractivity contribution in [3.63, 3.8) is 0 Å². The molecule has 17 heavy (non-hydrogen) atoms. The zero-order valence-corrected chi connectivity index (χ0v) is 12.0. The highest BCUT2D eigenvalue weighted by Crippen LogP contribution is 2.26. The summed E-state index contributed by atoms with van der Waals surface area (Å²) in [6, 6.07) is 7.69. The second kappa shape index (κ2) is 5.21. The smallest absolute Gasteiger partial charge is 0.140 e. The van der Waals surface area contributed by atoms with Crippen LogP contribution in [0.2, 0.25) is 5.02 Å². The molecule has 1 aromatic carbocycles. The molecule has 0 aliphatic rings. The summed E-state index contributed by atoms with van der Waals surface area (Å²) in [5.41, 5.74) is 2.06. The van der Waals surface area contributed by atoms with Crippen LogP contribution in [0.1, 0.15) is 5.69 Å². The van der Waals surface area contributed by atoms with Crippen molar-refractivity contribution in [2.24, 2.45) is 7.05 Å². The fraction of sp³-hybridized carbons (Fsp3) is 0.250. The van der Waals surface area contributed by atoms with Crippen molar-refractivity contribution >= 4 is 27.5 Å². The predicted molar refractivity (Wildman–Crippen MR) is 74.1 cm³/mol. The highest BCUT2D eigenvalue weighted by molar-refractivity contribution is 9.10. The average molecular weight is 315 g/mol. The number of imidazole rings is 1. The lowest BCUT2D eigenvalue weighted by Crippen LogP contribution is -2.05. The van der Waals surface area contributed by atoms with Crippen molar-refractivity contribution in [1.29, 1.82) is 0 Å². The van der Waals surface area contributed by atoms with Crippen molar-refractivity contribution in [1.82, 2.24) is 14.9 Å². The van der Waals surface area contributed by atoms with Gasteiger partial charge in [-0.25, -0.2) is 4.98 Å². The Morgan fingerprint density at radius 1 is 1.35 bits per heavy atom. The molecule has 5 heteroatoms. The molecular formula is C12H13BrClN3. The number of halogens is 2. The molecule has 0 atom stereocenters. The number of nitrogens with one attached hydrogen (secondary N) is 1. The van der Waals surface area contributed by atoms with E-state index >= 15 is 0 Å². The summed E-state index contributed by atoms with van der Waals surface area (Å²) in [4.78, 5) is 4.61. The second-order valence-corrected chi connectivity index (χ2v) is 4.96.